The van der Waals surface area contributed by atoms with Gasteiger partial charge in [0.2, 0.25) is 15.9 Å². The van der Waals surface area contributed by atoms with Crippen LogP contribution >= 0.6 is 0 Å². The van der Waals surface area contributed by atoms with Crippen LogP contribution in [-0.4, -0.2) is 51.0 Å². The number of hydrogen-bond acceptors (Lipinski definition) is 6. The van der Waals surface area contributed by atoms with Gasteiger partial charge in [-0.3, -0.25) is 4.79 Å². The van der Waals surface area contributed by atoms with Crippen molar-refractivity contribution in [2.24, 2.45) is 5.92 Å². The molecule has 0 atom stereocenters. The second-order valence-corrected chi connectivity index (χ2v) is 10.5. The van der Waals surface area contributed by atoms with E-state index in [4.69, 9.17) is 14.2 Å². The van der Waals surface area contributed by atoms with Crippen molar-refractivity contribution in [2.75, 3.05) is 31.6 Å². The van der Waals surface area contributed by atoms with Crippen molar-refractivity contribution in [2.45, 2.75) is 44.3 Å². The fourth-order valence-electron chi connectivity index (χ4n) is 3.94. The van der Waals surface area contributed by atoms with Gasteiger partial charge in [-0.2, -0.15) is 4.31 Å². The number of nitrogens with one attached hydrogen (secondary N) is 1. The summed E-state index contributed by atoms with van der Waals surface area (Å²) in [6.45, 7) is 5.86. The fourth-order valence-corrected chi connectivity index (χ4v) is 5.42. The number of anilines is 1. The number of piperidine rings is 1. The fraction of sp³-hybridized carbons (Fsp3) is 0.458. The first-order valence-corrected chi connectivity index (χ1v) is 12.7. The zero-order valence-corrected chi connectivity index (χ0v) is 19.8. The molecule has 0 aromatic heterocycles. The van der Waals surface area contributed by atoms with E-state index in [1.807, 2.05) is 38.1 Å². The van der Waals surface area contributed by atoms with Gasteiger partial charge in [-0.05, 0) is 56.5 Å². The first-order chi connectivity index (χ1) is 15.8. The van der Waals surface area contributed by atoms with Gasteiger partial charge in [-0.25, -0.2) is 8.42 Å². The molecule has 2 aliphatic heterocycles. The van der Waals surface area contributed by atoms with Crippen molar-refractivity contribution in [3.63, 3.8) is 0 Å². The molecule has 4 rings (SSSR count). The molecular formula is C24H30N2O6S. The van der Waals surface area contributed by atoms with Crippen molar-refractivity contribution in [1.82, 2.24) is 4.31 Å². The van der Waals surface area contributed by atoms with Gasteiger partial charge in [0.15, 0.2) is 11.5 Å². The molecule has 0 unspecified atom stereocenters. The number of hydrogen-bond donors (Lipinski definition) is 1. The van der Waals surface area contributed by atoms with Crippen molar-refractivity contribution in [1.29, 1.82) is 0 Å². The van der Waals surface area contributed by atoms with Crippen LogP contribution in [0.1, 0.15) is 32.3 Å². The molecule has 2 aromatic rings. The molecule has 2 aromatic carbocycles. The molecule has 0 aliphatic carbocycles. The monoisotopic (exact) mass is 474 g/mol. The molecule has 178 valence electrons. The van der Waals surface area contributed by atoms with Crippen molar-refractivity contribution in [3.05, 3.63) is 48.0 Å². The standard InChI is InChI=1S/C24H30N2O6S/c1-17(2)32-16-18-4-3-5-20(14-18)25-24(27)19-8-10-26(11-9-19)33(28,29)21-6-7-22-23(15-21)31-13-12-30-22/h3-7,14-15,17,19H,8-13,16H2,1-2H3,(H,25,27). The zero-order valence-electron chi connectivity index (χ0n) is 19.0. The second kappa shape index (κ2) is 10.1. The Hall–Kier alpha value is -2.62. The molecule has 8 nitrogen and oxygen atoms in total. The smallest absolute Gasteiger partial charge is 0.243 e. The van der Waals surface area contributed by atoms with E-state index in [1.165, 1.54) is 16.4 Å². The second-order valence-electron chi connectivity index (χ2n) is 8.53. The molecule has 9 heteroatoms. The molecular weight excluding hydrogens is 444 g/mol. The molecule has 0 saturated carbocycles. The summed E-state index contributed by atoms with van der Waals surface area (Å²) in [5, 5.41) is 2.97. The summed E-state index contributed by atoms with van der Waals surface area (Å²) < 4.78 is 44.3. The predicted molar refractivity (Wildman–Crippen MR) is 124 cm³/mol. The first kappa shape index (κ1) is 23.5. The Morgan fingerprint density at radius 1 is 1.09 bits per heavy atom. The molecule has 2 heterocycles. The van der Waals surface area contributed by atoms with Crippen molar-refractivity contribution >= 4 is 21.6 Å². The van der Waals surface area contributed by atoms with E-state index in [1.54, 1.807) is 6.07 Å². The van der Waals surface area contributed by atoms with Gasteiger partial charge in [-0.1, -0.05) is 12.1 Å². The summed E-state index contributed by atoms with van der Waals surface area (Å²) in [6, 6.07) is 12.3. The lowest BCUT2D eigenvalue weighted by Crippen LogP contribution is -2.41. The molecule has 2 aliphatic rings. The van der Waals surface area contributed by atoms with E-state index in [-0.39, 0.29) is 35.9 Å². The lowest BCUT2D eigenvalue weighted by Gasteiger charge is -2.31. The topological polar surface area (TPSA) is 94.2 Å². The van der Waals surface area contributed by atoms with E-state index in [9.17, 15) is 13.2 Å². The number of nitrogens with zero attached hydrogens (tertiary/aromatic N) is 1. The van der Waals surface area contributed by atoms with Crippen LogP contribution in [0.4, 0.5) is 5.69 Å². The third-order valence-electron chi connectivity index (χ3n) is 5.75. The van der Waals surface area contributed by atoms with E-state index in [0.717, 1.165) is 11.3 Å². The highest BCUT2D eigenvalue weighted by Crippen LogP contribution is 2.34. The largest absolute Gasteiger partial charge is 0.486 e. The van der Waals surface area contributed by atoms with Crippen LogP contribution < -0.4 is 14.8 Å². The van der Waals surface area contributed by atoms with Gasteiger partial charge >= 0.3 is 0 Å². The summed E-state index contributed by atoms with van der Waals surface area (Å²) in [5.41, 5.74) is 1.71. The maximum absolute atomic E-state index is 13.1. The number of ether oxygens (including phenoxy) is 3. The molecule has 1 N–H and O–H groups in total. The summed E-state index contributed by atoms with van der Waals surface area (Å²) >= 11 is 0. The number of carbonyl (C=O) groups is 1. The molecule has 33 heavy (non-hydrogen) atoms. The highest BCUT2D eigenvalue weighted by Gasteiger charge is 2.33. The minimum Gasteiger partial charge on any atom is -0.486 e. The number of amides is 1. The van der Waals surface area contributed by atoms with Crippen molar-refractivity contribution in [3.8, 4) is 11.5 Å². The number of fused-ring (bicyclic) bond motifs is 1. The van der Waals surface area contributed by atoms with Gasteiger partial charge in [0.25, 0.3) is 0 Å². The van der Waals surface area contributed by atoms with Gasteiger partial charge < -0.3 is 19.5 Å². The molecule has 1 saturated heterocycles. The lowest BCUT2D eigenvalue weighted by atomic mass is 9.97. The third-order valence-corrected chi connectivity index (χ3v) is 7.65. The molecule has 0 bridgehead atoms. The number of carbonyl (C=O) groups excluding carboxylic acids is 1. The van der Waals surface area contributed by atoms with E-state index < -0.39 is 10.0 Å². The first-order valence-electron chi connectivity index (χ1n) is 11.2. The van der Waals surface area contributed by atoms with Crippen LogP contribution in [0.2, 0.25) is 0 Å². The van der Waals surface area contributed by atoms with E-state index in [2.05, 4.69) is 5.32 Å². The normalized spacial score (nSPS) is 17.2. The molecule has 0 radical (unpaired) electrons. The zero-order chi connectivity index (χ0) is 23.4. The summed E-state index contributed by atoms with van der Waals surface area (Å²) in [7, 11) is -3.67. The Bertz CT molecular complexity index is 1090. The molecule has 1 amide bonds. The SMILES string of the molecule is CC(C)OCc1cccc(NC(=O)C2CCN(S(=O)(=O)c3ccc4c(c3)OCCO4)CC2)c1. The maximum Gasteiger partial charge on any atom is 0.243 e. The van der Waals surface area contributed by atoms with Crippen LogP contribution in [0.15, 0.2) is 47.4 Å². The lowest BCUT2D eigenvalue weighted by molar-refractivity contribution is -0.120. The minimum atomic E-state index is -3.67. The Balaban J connectivity index is 1.35. The average molecular weight is 475 g/mol. The predicted octanol–water partition coefficient (Wildman–Crippen LogP) is 3.42. The highest BCUT2D eigenvalue weighted by atomic mass is 32.2. The maximum atomic E-state index is 13.1. The Morgan fingerprint density at radius 3 is 2.55 bits per heavy atom. The van der Waals surface area contributed by atoms with Crippen LogP contribution in [0, 0.1) is 5.92 Å². The van der Waals surface area contributed by atoms with Gasteiger partial charge in [0, 0.05) is 30.8 Å². The van der Waals surface area contributed by atoms with Gasteiger partial charge in [0.1, 0.15) is 13.2 Å². The van der Waals surface area contributed by atoms with Crippen LogP contribution in [0.3, 0.4) is 0 Å². The van der Waals surface area contributed by atoms with Crippen LogP contribution in [0.5, 0.6) is 11.5 Å². The highest BCUT2D eigenvalue weighted by molar-refractivity contribution is 7.89. The summed E-state index contributed by atoms with van der Waals surface area (Å²) in [4.78, 5) is 13.0. The van der Waals surface area contributed by atoms with Gasteiger partial charge in [-0.15, -0.1) is 0 Å². The Labute approximate surface area is 194 Å². The average Bonchev–Trinajstić information content (AvgIpc) is 2.82. The summed E-state index contributed by atoms with van der Waals surface area (Å²) in [6.07, 6.45) is 1.06. The quantitative estimate of drug-likeness (QED) is 0.661. The van der Waals surface area contributed by atoms with E-state index in [0.29, 0.717) is 44.2 Å². The number of rotatable bonds is 7. The van der Waals surface area contributed by atoms with Crippen molar-refractivity contribution < 1.29 is 27.4 Å². The minimum absolute atomic E-state index is 0.0895. The number of benzene rings is 2. The molecule has 1 fully saturated rings. The van der Waals surface area contributed by atoms with Gasteiger partial charge in [0.05, 0.1) is 17.6 Å². The molecule has 0 spiro atoms. The van der Waals surface area contributed by atoms with E-state index >= 15 is 0 Å². The van der Waals surface area contributed by atoms with Crippen LogP contribution in [0.25, 0.3) is 0 Å². The Kier molecular flexibility index (Phi) is 7.21. The van der Waals surface area contributed by atoms with Crippen LogP contribution in [-0.2, 0) is 26.2 Å². The Morgan fingerprint density at radius 2 is 1.82 bits per heavy atom. The summed E-state index contributed by atoms with van der Waals surface area (Å²) in [5.74, 6) is 0.661. The number of sulfonamides is 1. The third kappa shape index (κ3) is 5.66.